The van der Waals surface area contributed by atoms with Crippen molar-refractivity contribution < 1.29 is 9.90 Å². The number of carboxylic acid groups (broad SMARTS) is 1. The average Bonchev–Trinajstić information content (AvgIpc) is 2.49. The molecule has 1 heterocycles. The summed E-state index contributed by atoms with van der Waals surface area (Å²) in [5, 5.41) is 8.77. The van der Waals surface area contributed by atoms with Crippen LogP contribution in [-0.4, -0.2) is 27.5 Å². The van der Waals surface area contributed by atoms with E-state index in [0.29, 0.717) is 0 Å². The highest BCUT2D eigenvalue weighted by molar-refractivity contribution is 5.70. The highest BCUT2D eigenvalue weighted by atomic mass is 16.4. The van der Waals surface area contributed by atoms with Gasteiger partial charge in [-0.1, -0.05) is 37.3 Å². The Kier molecular flexibility index (Phi) is 5.46. The van der Waals surface area contributed by atoms with Crippen molar-refractivity contribution >= 4 is 5.97 Å². The molecule has 110 valence electrons. The standard InChI is InChI=1S/C17H20N2O2/c1-2-19(13-16-5-3-4-10-18-16)12-15-8-6-14(7-9-15)11-17(20)21/h3-10H,2,11-13H2,1H3,(H,20,21). The van der Waals surface area contributed by atoms with E-state index in [-0.39, 0.29) is 6.42 Å². The monoisotopic (exact) mass is 284 g/mol. The Bertz CT molecular complexity index is 567. The van der Waals surface area contributed by atoms with Crippen LogP contribution < -0.4 is 0 Å². The topological polar surface area (TPSA) is 53.4 Å². The van der Waals surface area contributed by atoms with Crippen LogP contribution in [0.2, 0.25) is 0 Å². The zero-order valence-electron chi connectivity index (χ0n) is 12.2. The zero-order valence-corrected chi connectivity index (χ0v) is 12.2. The van der Waals surface area contributed by atoms with Gasteiger partial charge >= 0.3 is 5.97 Å². The molecule has 0 fully saturated rings. The number of nitrogens with zero attached hydrogens (tertiary/aromatic N) is 2. The summed E-state index contributed by atoms with van der Waals surface area (Å²) in [6.07, 6.45) is 1.88. The number of benzene rings is 1. The van der Waals surface area contributed by atoms with Gasteiger partial charge in [-0.25, -0.2) is 0 Å². The molecule has 0 aliphatic rings. The maximum Gasteiger partial charge on any atom is 0.307 e. The highest BCUT2D eigenvalue weighted by Crippen LogP contribution is 2.10. The van der Waals surface area contributed by atoms with E-state index in [1.807, 2.05) is 48.7 Å². The molecule has 0 spiro atoms. The molecule has 0 atom stereocenters. The molecule has 0 amide bonds. The summed E-state index contributed by atoms with van der Waals surface area (Å²) in [6.45, 7) is 4.71. The molecule has 0 aliphatic heterocycles. The lowest BCUT2D eigenvalue weighted by Crippen LogP contribution is -2.22. The van der Waals surface area contributed by atoms with E-state index in [0.717, 1.165) is 30.9 Å². The van der Waals surface area contributed by atoms with Crippen LogP contribution in [0.15, 0.2) is 48.7 Å². The second-order valence-corrected chi connectivity index (χ2v) is 5.01. The van der Waals surface area contributed by atoms with Crippen molar-refractivity contribution in [1.82, 2.24) is 9.88 Å². The van der Waals surface area contributed by atoms with E-state index < -0.39 is 5.97 Å². The first kappa shape index (κ1) is 15.2. The van der Waals surface area contributed by atoms with Gasteiger partial charge in [0.2, 0.25) is 0 Å². The third-order valence-corrected chi connectivity index (χ3v) is 3.34. The number of rotatable bonds is 7. The Balaban J connectivity index is 1.96. The van der Waals surface area contributed by atoms with Crippen LogP contribution in [0.1, 0.15) is 23.7 Å². The summed E-state index contributed by atoms with van der Waals surface area (Å²) in [7, 11) is 0. The normalized spacial score (nSPS) is 10.8. The Labute approximate surface area is 125 Å². The maximum atomic E-state index is 10.7. The maximum absolute atomic E-state index is 10.7. The molecule has 1 N–H and O–H groups in total. The van der Waals surface area contributed by atoms with Crippen molar-refractivity contribution in [2.45, 2.75) is 26.4 Å². The van der Waals surface area contributed by atoms with Crippen molar-refractivity contribution in [1.29, 1.82) is 0 Å². The second kappa shape index (κ2) is 7.55. The van der Waals surface area contributed by atoms with Crippen LogP contribution in [0.5, 0.6) is 0 Å². The van der Waals surface area contributed by atoms with Gasteiger partial charge in [0, 0.05) is 19.3 Å². The van der Waals surface area contributed by atoms with E-state index in [1.165, 1.54) is 5.56 Å². The third kappa shape index (κ3) is 5.00. The van der Waals surface area contributed by atoms with Crippen molar-refractivity contribution in [3.63, 3.8) is 0 Å². The number of aliphatic carboxylic acids is 1. The zero-order chi connectivity index (χ0) is 15.1. The van der Waals surface area contributed by atoms with Gasteiger partial charge in [-0.2, -0.15) is 0 Å². The highest BCUT2D eigenvalue weighted by Gasteiger charge is 2.06. The molecule has 4 heteroatoms. The number of pyridine rings is 1. The summed E-state index contributed by atoms with van der Waals surface area (Å²) >= 11 is 0. The lowest BCUT2D eigenvalue weighted by atomic mass is 10.1. The van der Waals surface area contributed by atoms with Crippen molar-refractivity contribution in [3.05, 3.63) is 65.5 Å². The van der Waals surface area contributed by atoms with Crippen molar-refractivity contribution in [2.24, 2.45) is 0 Å². The fraction of sp³-hybridized carbons (Fsp3) is 0.294. The first-order chi connectivity index (χ1) is 10.2. The fourth-order valence-electron chi connectivity index (χ4n) is 2.20. The first-order valence-electron chi connectivity index (χ1n) is 7.09. The van der Waals surface area contributed by atoms with E-state index in [9.17, 15) is 4.79 Å². The minimum atomic E-state index is -0.798. The molecular formula is C17H20N2O2. The summed E-state index contributed by atoms with van der Waals surface area (Å²) in [4.78, 5) is 17.3. The minimum absolute atomic E-state index is 0.0751. The fourth-order valence-corrected chi connectivity index (χ4v) is 2.20. The summed E-state index contributed by atoms with van der Waals surface area (Å²) in [6, 6.07) is 13.7. The molecule has 4 nitrogen and oxygen atoms in total. The van der Waals surface area contributed by atoms with E-state index in [2.05, 4.69) is 16.8 Å². The van der Waals surface area contributed by atoms with Crippen molar-refractivity contribution in [2.75, 3.05) is 6.54 Å². The molecule has 2 rings (SSSR count). The van der Waals surface area contributed by atoms with Gasteiger partial charge in [0.15, 0.2) is 0 Å². The minimum Gasteiger partial charge on any atom is -0.481 e. The lowest BCUT2D eigenvalue weighted by Gasteiger charge is -2.20. The predicted octanol–water partition coefficient (Wildman–Crippen LogP) is 2.73. The first-order valence-corrected chi connectivity index (χ1v) is 7.09. The summed E-state index contributed by atoms with van der Waals surface area (Å²) < 4.78 is 0. The van der Waals surface area contributed by atoms with Crippen molar-refractivity contribution in [3.8, 4) is 0 Å². The van der Waals surface area contributed by atoms with Gasteiger partial charge < -0.3 is 5.11 Å². The molecule has 0 radical (unpaired) electrons. The van der Waals surface area contributed by atoms with Gasteiger partial charge in [0.1, 0.15) is 0 Å². The van der Waals surface area contributed by atoms with E-state index >= 15 is 0 Å². The van der Waals surface area contributed by atoms with Crippen LogP contribution in [0, 0.1) is 0 Å². The molecule has 1 aromatic carbocycles. The van der Waals surface area contributed by atoms with E-state index in [1.54, 1.807) is 0 Å². The lowest BCUT2D eigenvalue weighted by molar-refractivity contribution is -0.136. The van der Waals surface area contributed by atoms with Crippen LogP contribution >= 0.6 is 0 Å². The summed E-state index contributed by atoms with van der Waals surface area (Å²) in [5.41, 5.74) is 3.07. The molecule has 0 aliphatic carbocycles. The Morgan fingerprint density at radius 1 is 1.10 bits per heavy atom. The van der Waals surface area contributed by atoms with Crippen LogP contribution in [0.25, 0.3) is 0 Å². The molecule has 0 saturated heterocycles. The largest absolute Gasteiger partial charge is 0.481 e. The van der Waals surface area contributed by atoms with E-state index in [4.69, 9.17) is 5.11 Å². The number of hydrogen-bond acceptors (Lipinski definition) is 3. The summed E-state index contributed by atoms with van der Waals surface area (Å²) in [5.74, 6) is -0.798. The Morgan fingerprint density at radius 2 is 1.81 bits per heavy atom. The Hall–Kier alpha value is -2.20. The van der Waals surface area contributed by atoms with Crippen LogP contribution in [0.4, 0.5) is 0 Å². The number of carbonyl (C=O) groups is 1. The molecule has 0 bridgehead atoms. The molecule has 2 aromatic rings. The van der Waals surface area contributed by atoms with Gasteiger partial charge in [-0.15, -0.1) is 0 Å². The molecule has 0 unspecified atom stereocenters. The molecular weight excluding hydrogens is 264 g/mol. The predicted molar refractivity (Wildman–Crippen MR) is 81.8 cm³/mol. The SMILES string of the molecule is CCN(Cc1ccc(CC(=O)O)cc1)Cc1ccccn1. The van der Waals surface area contributed by atoms with Gasteiger partial charge in [-0.05, 0) is 29.8 Å². The quantitative estimate of drug-likeness (QED) is 0.849. The van der Waals surface area contributed by atoms with Crippen LogP contribution in [-0.2, 0) is 24.3 Å². The van der Waals surface area contributed by atoms with Gasteiger partial charge in [0.05, 0.1) is 12.1 Å². The third-order valence-electron chi connectivity index (χ3n) is 3.34. The number of aromatic nitrogens is 1. The van der Waals surface area contributed by atoms with Gasteiger partial charge in [0.25, 0.3) is 0 Å². The number of hydrogen-bond donors (Lipinski definition) is 1. The molecule has 0 saturated carbocycles. The second-order valence-electron chi connectivity index (χ2n) is 5.01. The smallest absolute Gasteiger partial charge is 0.307 e. The van der Waals surface area contributed by atoms with Gasteiger partial charge in [-0.3, -0.25) is 14.7 Å². The number of carboxylic acids is 1. The molecule has 1 aromatic heterocycles. The van der Waals surface area contributed by atoms with Crippen LogP contribution in [0.3, 0.4) is 0 Å². The Morgan fingerprint density at radius 3 is 2.38 bits per heavy atom. The molecule has 21 heavy (non-hydrogen) atoms. The average molecular weight is 284 g/mol.